The minimum Gasteiger partial charge on any atom is -0.493 e. The molecule has 1 saturated heterocycles. The minimum atomic E-state index is -3.77. The van der Waals surface area contributed by atoms with Crippen LogP contribution in [0.25, 0.3) is 10.9 Å². The normalized spacial score (nSPS) is 15.0. The second-order valence-corrected chi connectivity index (χ2v) is 9.24. The third-order valence-corrected chi connectivity index (χ3v) is 7.39. The number of hydrogen-bond acceptors (Lipinski definition) is 6. The number of sulfonamides is 1. The maximum atomic E-state index is 13.1. The lowest BCUT2D eigenvalue weighted by Gasteiger charge is -2.34. The second-order valence-electron chi connectivity index (χ2n) is 7.31. The van der Waals surface area contributed by atoms with Gasteiger partial charge < -0.3 is 19.4 Å². The maximum absolute atomic E-state index is 13.1. The molecule has 32 heavy (non-hydrogen) atoms. The number of methoxy groups -OCH3 is 2. The van der Waals surface area contributed by atoms with E-state index in [-0.39, 0.29) is 42.5 Å². The van der Waals surface area contributed by atoms with Gasteiger partial charge in [0.2, 0.25) is 15.6 Å². The molecule has 0 saturated carbocycles. The average Bonchev–Trinajstić information content (AvgIpc) is 2.82. The molecule has 1 aromatic heterocycles. The number of H-pyrrole nitrogens is 1. The molecule has 10 heteroatoms. The van der Waals surface area contributed by atoms with Crippen molar-refractivity contribution in [1.82, 2.24) is 14.2 Å². The van der Waals surface area contributed by atoms with Gasteiger partial charge in [-0.1, -0.05) is 18.2 Å². The Hall–Kier alpha value is -3.37. The fourth-order valence-corrected chi connectivity index (χ4v) is 5.25. The zero-order valence-electron chi connectivity index (χ0n) is 17.7. The summed E-state index contributed by atoms with van der Waals surface area (Å²) in [6, 6.07) is 12.8. The summed E-state index contributed by atoms with van der Waals surface area (Å²) in [6.45, 7) is 0.714. The first-order chi connectivity index (χ1) is 15.3. The predicted molar refractivity (Wildman–Crippen MR) is 119 cm³/mol. The fourth-order valence-electron chi connectivity index (χ4n) is 3.81. The van der Waals surface area contributed by atoms with Crippen LogP contribution in [0.1, 0.15) is 10.4 Å². The summed E-state index contributed by atoms with van der Waals surface area (Å²) in [6.07, 6.45) is 0. The van der Waals surface area contributed by atoms with Gasteiger partial charge in [0.15, 0.2) is 11.5 Å². The molecule has 168 valence electrons. The molecule has 1 N–H and O–H groups in total. The Balaban J connectivity index is 1.53. The van der Waals surface area contributed by atoms with E-state index < -0.39 is 10.0 Å². The maximum Gasteiger partial charge on any atom is 0.254 e. The van der Waals surface area contributed by atoms with E-state index in [1.165, 1.54) is 36.7 Å². The van der Waals surface area contributed by atoms with Gasteiger partial charge in [-0.2, -0.15) is 4.31 Å². The van der Waals surface area contributed by atoms with Gasteiger partial charge >= 0.3 is 0 Å². The van der Waals surface area contributed by atoms with Crippen molar-refractivity contribution in [3.05, 3.63) is 64.4 Å². The van der Waals surface area contributed by atoms with Gasteiger partial charge in [-0.3, -0.25) is 9.59 Å². The highest BCUT2D eigenvalue weighted by atomic mass is 32.2. The molecule has 1 aliphatic heterocycles. The first-order valence-electron chi connectivity index (χ1n) is 9.98. The Morgan fingerprint density at radius 1 is 0.938 bits per heavy atom. The number of hydrogen-bond donors (Lipinski definition) is 1. The van der Waals surface area contributed by atoms with E-state index in [9.17, 15) is 18.0 Å². The number of pyridine rings is 1. The van der Waals surface area contributed by atoms with E-state index in [0.29, 0.717) is 28.0 Å². The number of nitrogens with one attached hydrogen (secondary N) is 1. The van der Waals surface area contributed by atoms with E-state index >= 15 is 0 Å². The van der Waals surface area contributed by atoms with E-state index in [1.807, 2.05) is 0 Å². The Morgan fingerprint density at radius 2 is 1.62 bits per heavy atom. The number of para-hydroxylation sites is 1. The summed E-state index contributed by atoms with van der Waals surface area (Å²) < 4.78 is 37.9. The number of carbonyl (C=O) groups is 1. The third kappa shape index (κ3) is 3.94. The molecule has 0 atom stereocenters. The second kappa shape index (κ2) is 8.64. The van der Waals surface area contributed by atoms with Crippen molar-refractivity contribution >= 4 is 26.8 Å². The molecule has 1 aliphatic rings. The minimum absolute atomic E-state index is 0.0931. The lowest BCUT2D eigenvalue weighted by atomic mass is 10.1. The first kappa shape index (κ1) is 21.8. The number of nitrogens with zero attached hydrogens (tertiary/aromatic N) is 2. The van der Waals surface area contributed by atoms with Crippen molar-refractivity contribution in [3.8, 4) is 11.5 Å². The third-order valence-electron chi connectivity index (χ3n) is 5.50. The van der Waals surface area contributed by atoms with Crippen molar-refractivity contribution in [3.63, 3.8) is 0 Å². The van der Waals surface area contributed by atoms with Gasteiger partial charge in [0.1, 0.15) is 0 Å². The summed E-state index contributed by atoms with van der Waals surface area (Å²) in [4.78, 5) is 29.5. The highest BCUT2D eigenvalue weighted by molar-refractivity contribution is 7.89. The number of piperazine rings is 1. The fraction of sp³-hybridized carbons (Fsp3) is 0.273. The van der Waals surface area contributed by atoms with Crippen LogP contribution >= 0.6 is 0 Å². The van der Waals surface area contributed by atoms with Crippen LogP contribution in [0.2, 0.25) is 0 Å². The molecule has 0 aliphatic carbocycles. The summed E-state index contributed by atoms with van der Waals surface area (Å²) in [7, 11) is -0.850. The standard InChI is InChI=1S/C22H23N3O6S/c1-30-19-8-7-15(13-20(19)31-2)32(28,29)25-11-9-24(10-12-25)22(27)17-14-21(26)23-18-6-4-3-5-16(17)18/h3-8,13-14H,9-12H2,1-2H3,(H,23,26). The summed E-state index contributed by atoms with van der Waals surface area (Å²) in [5, 5.41) is 0.650. The molecule has 0 spiro atoms. The number of carbonyl (C=O) groups excluding carboxylic acids is 1. The molecule has 1 fully saturated rings. The number of fused-ring (bicyclic) bond motifs is 1. The molecular weight excluding hydrogens is 434 g/mol. The lowest BCUT2D eigenvalue weighted by Crippen LogP contribution is -2.50. The molecule has 2 heterocycles. The van der Waals surface area contributed by atoms with Crippen molar-refractivity contribution in [2.24, 2.45) is 0 Å². The SMILES string of the molecule is COc1ccc(S(=O)(=O)N2CCN(C(=O)c3cc(=O)[nH]c4ccccc34)CC2)cc1OC. The van der Waals surface area contributed by atoms with Crippen LogP contribution in [-0.2, 0) is 10.0 Å². The Bertz CT molecular complexity index is 1330. The van der Waals surface area contributed by atoms with Crippen LogP contribution < -0.4 is 15.0 Å². The van der Waals surface area contributed by atoms with Gasteiger partial charge in [-0.05, 0) is 18.2 Å². The molecule has 4 rings (SSSR count). The number of amides is 1. The largest absolute Gasteiger partial charge is 0.493 e. The molecule has 1 amide bonds. The zero-order chi connectivity index (χ0) is 22.9. The van der Waals surface area contributed by atoms with Gasteiger partial charge in [0, 0.05) is 49.2 Å². The van der Waals surface area contributed by atoms with Crippen LogP contribution in [0.4, 0.5) is 0 Å². The monoisotopic (exact) mass is 457 g/mol. The molecule has 0 radical (unpaired) electrons. The van der Waals surface area contributed by atoms with E-state index in [0.717, 1.165) is 0 Å². The smallest absolute Gasteiger partial charge is 0.254 e. The molecule has 0 unspecified atom stereocenters. The van der Waals surface area contributed by atoms with Crippen molar-refractivity contribution in [2.75, 3.05) is 40.4 Å². The van der Waals surface area contributed by atoms with Crippen molar-refractivity contribution in [1.29, 1.82) is 0 Å². The van der Waals surface area contributed by atoms with Crippen LogP contribution in [0, 0.1) is 0 Å². The van der Waals surface area contributed by atoms with Gasteiger partial charge in [-0.15, -0.1) is 0 Å². The van der Waals surface area contributed by atoms with Crippen LogP contribution in [0.3, 0.4) is 0 Å². The quantitative estimate of drug-likeness (QED) is 0.625. The van der Waals surface area contributed by atoms with E-state index in [4.69, 9.17) is 9.47 Å². The number of aromatic amines is 1. The number of aromatic nitrogens is 1. The zero-order valence-corrected chi connectivity index (χ0v) is 18.5. The van der Waals surface area contributed by atoms with Crippen LogP contribution in [0.15, 0.2) is 58.2 Å². The summed E-state index contributed by atoms with van der Waals surface area (Å²) in [5.74, 6) is 0.464. The number of ether oxygens (including phenoxy) is 2. The van der Waals surface area contributed by atoms with E-state index in [2.05, 4.69) is 4.98 Å². The van der Waals surface area contributed by atoms with Gasteiger partial charge in [0.25, 0.3) is 5.91 Å². The first-order valence-corrected chi connectivity index (χ1v) is 11.4. The molecule has 0 bridgehead atoms. The summed E-state index contributed by atoms with van der Waals surface area (Å²) in [5.41, 5.74) is 0.528. The Labute approximate surface area is 185 Å². The highest BCUT2D eigenvalue weighted by Crippen LogP contribution is 2.31. The molecule has 9 nitrogen and oxygen atoms in total. The van der Waals surface area contributed by atoms with Crippen molar-refractivity contribution < 1.29 is 22.7 Å². The predicted octanol–water partition coefficient (Wildman–Crippen LogP) is 1.69. The van der Waals surface area contributed by atoms with Gasteiger partial charge in [0.05, 0.1) is 24.7 Å². The molecular formula is C22H23N3O6S. The average molecular weight is 458 g/mol. The molecule has 3 aromatic rings. The lowest BCUT2D eigenvalue weighted by molar-refractivity contribution is 0.0699. The van der Waals surface area contributed by atoms with Gasteiger partial charge in [-0.25, -0.2) is 8.42 Å². The van der Waals surface area contributed by atoms with E-state index in [1.54, 1.807) is 35.2 Å². The Kier molecular flexibility index (Phi) is 5.90. The van der Waals surface area contributed by atoms with Crippen molar-refractivity contribution in [2.45, 2.75) is 4.90 Å². The van der Waals surface area contributed by atoms with Crippen LogP contribution in [-0.4, -0.2) is 68.9 Å². The number of rotatable bonds is 5. The Morgan fingerprint density at radius 3 is 2.31 bits per heavy atom. The molecule has 2 aromatic carbocycles. The highest BCUT2D eigenvalue weighted by Gasteiger charge is 2.31. The van der Waals surface area contributed by atoms with Crippen LogP contribution in [0.5, 0.6) is 11.5 Å². The summed E-state index contributed by atoms with van der Waals surface area (Å²) >= 11 is 0. The topological polar surface area (TPSA) is 109 Å². The number of benzene rings is 2.